The lowest BCUT2D eigenvalue weighted by atomic mass is 9.79. The molecule has 4 nitrogen and oxygen atoms in total. The zero-order chi connectivity index (χ0) is 13.6. The molecule has 1 fully saturated rings. The fraction of sp³-hybridized carbons (Fsp3) is 0.571. The number of ether oxygens (including phenoxy) is 1. The largest absolute Gasteiger partial charge is 0.494 e. The molecule has 0 bridgehead atoms. The van der Waals surface area contributed by atoms with Crippen LogP contribution in [0.3, 0.4) is 0 Å². The van der Waals surface area contributed by atoms with Crippen LogP contribution >= 0.6 is 0 Å². The van der Waals surface area contributed by atoms with E-state index in [1.807, 2.05) is 26.0 Å². The van der Waals surface area contributed by atoms with E-state index in [0.29, 0.717) is 19.4 Å². The number of fused-ring (bicyclic) bond motifs is 1. The maximum atomic E-state index is 5.91. The summed E-state index contributed by atoms with van der Waals surface area (Å²) in [5.74, 6) is 0.940. The van der Waals surface area contributed by atoms with Crippen molar-refractivity contribution < 1.29 is 14.0 Å². The van der Waals surface area contributed by atoms with Crippen LogP contribution in [0.5, 0.6) is 5.75 Å². The first-order valence-corrected chi connectivity index (χ1v) is 6.79. The van der Waals surface area contributed by atoms with Crippen molar-refractivity contribution in [1.29, 1.82) is 0 Å². The van der Waals surface area contributed by atoms with Crippen molar-refractivity contribution in [2.24, 2.45) is 0 Å². The highest BCUT2D eigenvalue weighted by molar-refractivity contribution is 6.62. The zero-order valence-corrected chi connectivity index (χ0v) is 12.0. The highest BCUT2D eigenvalue weighted by Gasteiger charge is 2.39. The Hall–Kier alpha value is -1.20. The predicted octanol–water partition coefficient (Wildman–Crippen LogP) is 1.77. The van der Waals surface area contributed by atoms with E-state index >= 15 is 0 Å². The minimum absolute atomic E-state index is 0.210. The molecule has 2 heterocycles. The molecule has 0 aliphatic carbocycles. The van der Waals surface area contributed by atoms with Crippen LogP contribution in [0.4, 0.5) is 5.69 Å². The fourth-order valence-corrected chi connectivity index (χ4v) is 2.46. The number of benzene rings is 1. The molecule has 0 unspecified atom stereocenters. The molecule has 0 atom stereocenters. The van der Waals surface area contributed by atoms with Gasteiger partial charge in [-0.1, -0.05) is 6.07 Å². The number of nitrogens with zero attached hydrogens (tertiary/aromatic N) is 1. The summed E-state index contributed by atoms with van der Waals surface area (Å²) in [5.41, 5.74) is 1.97. The Morgan fingerprint density at radius 1 is 1.32 bits per heavy atom. The topological polar surface area (TPSA) is 30.9 Å². The van der Waals surface area contributed by atoms with E-state index in [1.165, 1.54) is 0 Å². The lowest BCUT2D eigenvalue weighted by Crippen LogP contribution is -2.35. The Labute approximate surface area is 114 Å². The molecule has 1 aromatic rings. The molecule has 3 rings (SSSR count). The number of hydrogen-bond acceptors (Lipinski definition) is 4. The second-order valence-corrected chi connectivity index (χ2v) is 6.08. The molecular formula is C14H20BNO3. The van der Waals surface area contributed by atoms with Crippen LogP contribution in [0.2, 0.25) is 0 Å². The van der Waals surface area contributed by atoms with Gasteiger partial charge in [0, 0.05) is 6.04 Å². The van der Waals surface area contributed by atoms with Gasteiger partial charge in [-0.05, 0) is 45.3 Å². The van der Waals surface area contributed by atoms with Gasteiger partial charge in [-0.3, -0.25) is 0 Å². The van der Waals surface area contributed by atoms with E-state index < -0.39 is 0 Å². The summed E-state index contributed by atoms with van der Waals surface area (Å²) in [7, 11) is -0.269. The highest BCUT2D eigenvalue weighted by atomic mass is 16.7. The quantitative estimate of drug-likeness (QED) is 0.759. The Balaban J connectivity index is 1.88. The van der Waals surface area contributed by atoms with E-state index in [2.05, 4.69) is 24.8 Å². The van der Waals surface area contributed by atoms with Crippen LogP contribution in [0.25, 0.3) is 0 Å². The Morgan fingerprint density at radius 2 is 2.11 bits per heavy atom. The van der Waals surface area contributed by atoms with Gasteiger partial charge in [-0.25, -0.2) is 0 Å². The lowest BCUT2D eigenvalue weighted by molar-refractivity contribution is 0.137. The maximum Gasteiger partial charge on any atom is 0.494 e. The molecular weight excluding hydrogens is 241 g/mol. The molecule has 0 spiro atoms. The number of anilines is 1. The Bertz CT molecular complexity index is 490. The first kappa shape index (κ1) is 12.8. The first-order chi connectivity index (χ1) is 8.96. The van der Waals surface area contributed by atoms with Crippen molar-refractivity contribution in [1.82, 2.24) is 0 Å². The van der Waals surface area contributed by atoms with Crippen LogP contribution < -0.4 is 15.1 Å². The van der Waals surface area contributed by atoms with Gasteiger partial charge in [0.15, 0.2) is 6.73 Å². The van der Waals surface area contributed by atoms with Gasteiger partial charge in [0.1, 0.15) is 5.75 Å². The van der Waals surface area contributed by atoms with Crippen molar-refractivity contribution in [3.8, 4) is 5.75 Å². The summed E-state index contributed by atoms with van der Waals surface area (Å²) in [6.45, 7) is 9.66. The van der Waals surface area contributed by atoms with Crippen LogP contribution in [-0.2, 0) is 9.31 Å². The predicted molar refractivity (Wildman–Crippen MR) is 76.1 cm³/mol. The smallest absolute Gasteiger partial charge is 0.471 e. The molecule has 5 heteroatoms. The monoisotopic (exact) mass is 261 g/mol. The Morgan fingerprint density at radius 3 is 2.74 bits per heavy atom. The number of rotatable bonds is 2. The van der Waals surface area contributed by atoms with E-state index in [4.69, 9.17) is 14.0 Å². The summed E-state index contributed by atoms with van der Waals surface area (Å²) >= 11 is 0. The average Bonchev–Trinajstić information content (AvgIpc) is 2.91. The van der Waals surface area contributed by atoms with Gasteiger partial charge < -0.3 is 18.9 Å². The molecule has 0 aromatic heterocycles. The van der Waals surface area contributed by atoms with E-state index in [0.717, 1.165) is 16.9 Å². The summed E-state index contributed by atoms with van der Waals surface area (Å²) in [6.07, 6.45) is 0. The van der Waals surface area contributed by atoms with Crippen LogP contribution in [0.1, 0.15) is 27.7 Å². The van der Waals surface area contributed by atoms with Gasteiger partial charge in [0.05, 0.1) is 17.9 Å². The second-order valence-electron chi connectivity index (χ2n) is 6.08. The van der Waals surface area contributed by atoms with Crippen LogP contribution in [-0.4, -0.2) is 32.1 Å². The van der Waals surface area contributed by atoms with Crippen molar-refractivity contribution in [3.05, 3.63) is 18.2 Å². The van der Waals surface area contributed by atoms with Crippen molar-refractivity contribution >= 4 is 18.3 Å². The van der Waals surface area contributed by atoms with E-state index in [-0.39, 0.29) is 12.7 Å². The fourth-order valence-electron chi connectivity index (χ4n) is 2.46. The molecule has 0 N–H and O–H groups in total. The third-order valence-corrected chi connectivity index (χ3v) is 3.56. The second kappa shape index (κ2) is 4.42. The van der Waals surface area contributed by atoms with E-state index in [9.17, 15) is 0 Å². The normalized spacial score (nSPS) is 20.9. The minimum atomic E-state index is -0.269. The molecule has 0 amide bonds. The molecule has 0 saturated carbocycles. The first-order valence-electron chi connectivity index (χ1n) is 6.79. The molecule has 1 aromatic carbocycles. The van der Waals surface area contributed by atoms with Crippen molar-refractivity contribution in [2.75, 3.05) is 18.2 Å². The summed E-state index contributed by atoms with van der Waals surface area (Å²) in [5, 5.41) is 0. The number of hydrogen-bond donors (Lipinski definition) is 0. The summed E-state index contributed by atoms with van der Waals surface area (Å²) < 4.78 is 17.3. The lowest BCUT2D eigenvalue weighted by Gasteiger charge is -2.21. The molecule has 102 valence electrons. The molecule has 19 heavy (non-hydrogen) atoms. The van der Waals surface area contributed by atoms with Gasteiger partial charge in [-0.15, -0.1) is 0 Å². The minimum Gasteiger partial charge on any atom is -0.471 e. The van der Waals surface area contributed by atoms with Gasteiger partial charge in [0.25, 0.3) is 0 Å². The molecule has 1 saturated heterocycles. The molecule has 0 radical (unpaired) electrons. The SMILES string of the molecule is CC(C)N1COc2ccc(B3OCC(C)(C)O3)cc21. The van der Waals surface area contributed by atoms with Crippen LogP contribution in [0, 0.1) is 0 Å². The van der Waals surface area contributed by atoms with Crippen molar-refractivity contribution in [2.45, 2.75) is 39.3 Å². The summed E-state index contributed by atoms with van der Waals surface area (Å²) in [4.78, 5) is 2.24. The third-order valence-electron chi connectivity index (χ3n) is 3.56. The van der Waals surface area contributed by atoms with Gasteiger partial charge in [0.2, 0.25) is 0 Å². The van der Waals surface area contributed by atoms with Crippen LogP contribution in [0.15, 0.2) is 18.2 Å². The van der Waals surface area contributed by atoms with E-state index in [1.54, 1.807) is 0 Å². The van der Waals surface area contributed by atoms with Crippen molar-refractivity contribution in [3.63, 3.8) is 0 Å². The average molecular weight is 261 g/mol. The highest BCUT2D eigenvalue weighted by Crippen LogP contribution is 2.34. The maximum absolute atomic E-state index is 5.91. The summed E-state index contributed by atoms with van der Waals surface area (Å²) in [6, 6.07) is 6.56. The third kappa shape index (κ3) is 2.32. The van der Waals surface area contributed by atoms with Gasteiger partial charge in [-0.2, -0.15) is 0 Å². The standard InChI is InChI=1S/C14H20BNO3/c1-10(2)16-9-17-13-6-5-11(7-12(13)16)15-18-8-14(3,4)19-15/h5-7,10H,8-9H2,1-4H3. The Kier molecular flexibility index (Phi) is 2.98. The molecule has 2 aliphatic rings. The zero-order valence-electron chi connectivity index (χ0n) is 12.0. The molecule has 2 aliphatic heterocycles. The van der Waals surface area contributed by atoms with Gasteiger partial charge >= 0.3 is 7.12 Å².